The molecule has 1 aromatic rings. The second kappa shape index (κ2) is 7.91. The lowest BCUT2D eigenvalue weighted by atomic mass is 9.83. The minimum atomic E-state index is -0.232. The van der Waals surface area contributed by atoms with Crippen molar-refractivity contribution in [3.05, 3.63) is 35.6 Å². The van der Waals surface area contributed by atoms with Gasteiger partial charge in [-0.05, 0) is 55.5 Å². The van der Waals surface area contributed by atoms with E-state index in [0.717, 1.165) is 31.5 Å². The molecule has 2 N–H and O–H groups in total. The van der Waals surface area contributed by atoms with Crippen molar-refractivity contribution in [1.29, 1.82) is 0 Å². The van der Waals surface area contributed by atoms with E-state index < -0.39 is 0 Å². The zero-order valence-corrected chi connectivity index (χ0v) is 14.5. The average Bonchev–Trinajstić information content (AvgIpc) is 2.54. The van der Waals surface area contributed by atoms with Gasteiger partial charge in [0.25, 0.3) is 0 Å². The van der Waals surface area contributed by atoms with Gasteiger partial charge in [-0.2, -0.15) is 0 Å². The van der Waals surface area contributed by atoms with Crippen molar-refractivity contribution in [2.75, 3.05) is 19.6 Å². The molecule has 1 aromatic carbocycles. The van der Waals surface area contributed by atoms with Crippen LogP contribution in [0.5, 0.6) is 0 Å². The monoisotopic (exact) mass is 320 g/mol. The van der Waals surface area contributed by atoms with Gasteiger partial charge >= 0.3 is 0 Å². The van der Waals surface area contributed by atoms with Crippen LogP contribution in [0.4, 0.5) is 4.39 Å². The van der Waals surface area contributed by atoms with Gasteiger partial charge in [0.15, 0.2) is 0 Å². The Bertz CT molecular complexity index is 507. The molecule has 0 spiro atoms. The summed E-state index contributed by atoms with van der Waals surface area (Å²) in [5.41, 5.74) is 0.826. The summed E-state index contributed by atoms with van der Waals surface area (Å²) in [4.78, 5) is 12.2. The highest BCUT2D eigenvalue weighted by molar-refractivity contribution is 5.76. The Labute approximate surface area is 139 Å². The van der Waals surface area contributed by atoms with Gasteiger partial charge in [-0.25, -0.2) is 4.39 Å². The summed E-state index contributed by atoms with van der Waals surface area (Å²) >= 11 is 0. The van der Waals surface area contributed by atoms with E-state index in [1.165, 1.54) is 12.1 Å². The number of hydrogen-bond donors (Lipinski definition) is 2. The van der Waals surface area contributed by atoms with E-state index >= 15 is 0 Å². The van der Waals surface area contributed by atoms with Crippen LogP contribution >= 0.6 is 0 Å². The van der Waals surface area contributed by atoms with Gasteiger partial charge in [0.05, 0.1) is 0 Å². The van der Waals surface area contributed by atoms with Crippen LogP contribution in [0.1, 0.15) is 45.6 Å². The maximum atomic E-state index is 13.0. The number of carbonyl (C=O) groups excluding carboxylic acids is 1. The first-order valence-corrected chi connectivity index (χ1v) is 8.62. The van der Waals surface area contributed by atoms with Gasteiger partial charge in [0.2, 0.25) is 5.91 Å². The lowest BCUT2D eigenvalue weighted by molar-refractivity contribution is -0.122. The zero-order chi connectivity index (χ0) is 16.9. The van der Waals surface area contributed by atoms with Crippen molar-refractivity contribution in [3.63, 3.8) is 0 Å². The zero-order valence-electron chi connectivity index (χ0n) is 14.5. The first kappa shape index (κ1) is 17.9. The molecular weight excluding hydrogens is 291 g/mol. The summed E-state index contributed by atoms with van der Waals surface area (Å²) in [5, 5.41) is 6.42. The van der Waals surface area contributed by atoms with E-state index in [4.69, 9.17) is 0 Å². The van der Waals surface area contributed by atoms with Crippen LogP contribution < -0.4 is 10.6 Å². The standard InChI is InChI=1S/C19H29FN2O/c1-14(15-8-10-21-11-9-15)12-18(23)22-13-19(2,3)16-4-6-17(20)7-5-16/h4-7,14-15,21H,8-13H2,1-3H3,(H,22,23). The Morgan fingerprint density at radius 3 is 2.52 bits per heavy atom. The van der Waals surface area contributed by atoms with Gasteiger partial charge in [-0.3, -0.25) is 4.79 Å². The number of rotatable bonds is 6. The molecule has 1 atom stereocenters. The molecular formula is C19H29FN2O. The van der Waals surface area contributed by atoms with Gasteiger partial charge in [-0.15, -0.1) is 0 Å². The molecule has 1 saturated heterocycles. The Balaban J connectivity index is 1.81. The Kier molecular flexibility index (Phi) is 6.17. The van der Waals surface area contributed by atoms with Crippen molar-refractivity contribution in [2.45, 2.75) is 45.4 Å². The predicted molar refractivity (Wildman–Crippen MR) is 91.8 cm³/mol. The lowest BCUT2D eigenvalue weighted by Gasteiger charge is -2.29. The maximum Gasteiger partial charge on any atom is 0.220 e. The molecule has 1 aliphatic rings. The van der Waals surface area contributed by atoms with Crippen molar-refractivity contribution in [1.82, 2.24) is 10.6 Å². The molecule has 0 bridgehead atoms. The molecule has 23 heavy (non-hydrogen) atoms. The molecule has 4 heteroatoms. The Morgan fingerprint density at radius 2 is 1.91 bits per heavy atom. The van der Waals surface area contributed by atoms with Crippen molar-refractivity contribution in [2.24, 2.45) is 11.8 Å². The largest absolute Gasteiger partial charge is 0.355 e. The molecule has 0 aromatic heterocycles. The molecule has 2 rings (SSSR count). The summed E-state index contributed by atoms with van der Waals surface area (Å²) in [5.74, 6) is 0.953. The van der Waals surface area contributed by atoms with Gasteiger partial charge in [-0.1, -0.05) is 32.9 Å². The average molecular weight is 320 g/mol. The number of nitrogens with one attached hydrogen (secondary N) is 2. The molecule has 128 valence electrons. The highest BCUT2D eigenvalue weighted by Gasteiger charge is 2.24. The lowest BCUT2D eigenvalue weighted by Crippen LogP contribution is -2.38. The van der Waals surface area contributed by atoms with E-state index in [-0.39, 0.29) is 17.1 Å². The van der Waals surface area contributed by atoms with Crippen molar-refractivity contribution < 1.29 is 9.18 Å². The maximum absolute atomic E-state index is 13.0. The van der Waals surface area contributed by atoms with E-state index in [2.05, 4.69) is 31.4 Å². The normalized spacial score (nSPS) is 17.7. The minimum Gasteiger partial charge on any atom is -0.355 e. The first-order chi connectivity index (χ1) is 10.9. The molecule has 1 aliphatic heterocycles. The number of halogens is 1. The van der Waals surface area contributed by atoms with Crippen LogP contribution in [-0.2, 0) is 10.2 Å². The minimum absolute atomic E-state index is 0.117. The van der Waals surface area contributed by atoms with E-state index in [1.54, 1.807) is 12.1 Å². The third-order valence-electron chi connectivity index (χ3n) is 5.05. The van der Waals surface area contributed by atoms with Crippen LogP contribution in [-0.4, -0.2) is 25.5 Å². The molecule has 1 amide bonds. The number of amides is 1. The third kappa shape index (κ3) is 5.31. The Hall–Kier alpha value is -1.42. The number of piperidine rings is 1. The van der Waals surface area contributed by atoms with E-state index in [9.17, 15) is 9.18 Å². The smallest absolute Gasteiger partial charge is 0.220 e. The molecule has 0 aliphatic carbocycles. The fraction of sp³-hybridized carbons (Fsp3) is 0.632. The highest BCUT2D eigenvalue weighted by Crippen LogP contribution is 2.25. The molecule has 1 unspecified atom stereocenters. The van der Waals surface area contributed by atoms with Crippen LogP contribution in [0.15, 0.2) is 24.3 Å². The van der Waals surface area contributed by atoms with Crippen molar-refractivity contribution >= 4 is 5.91 Å². The summed E-state index contributed by atoms with van der Waals surface area (Å²) in [6.45, 7) is 9.01. The second-order valence-corrected chi connectivity index (χ2v) is 7.44. The first-order valence-electron chi connectivity index (χ1n) is 8.62. The molecule has 0 radical (unpaired) electrons. The van der Waals surface area contributed by atoms with E-state index in [1.807, 2.05) is 0 Å². The van der Waals surface area contributed by atoms with Gasteiger partial charge in [0.1, 0.15) is 5.82 Å². The SMILES string of the molecule is CC(CC(=O)NCC(C)(C)c1ccc(F)cc1)C1CCNCC1. The molecule has 0 saturated carbocycles. The van der Waals surface area contributed by atoms with Crippen LogP contribution in [0.2, 0.25) is 0 Å². The summed E-state index contributed by atoms with van der Waals surface area (Å²) in [7, 11) is 0. The fourth-order valence-electron chi connectivity index (χ4n) is 3.27. The predicted octanol–water partition coefficient (Wildman–Crippen LogP) is 3.25. The van der Waals surface area contributed by atoms with Crippen LogP contribution in [0, 0.1) is 17.7 Å². The van der Waals surface area contributed by atoms with Crippen molar-refractivity contribution in [3.8, 4) is 0 Å². The summed E-state index contributed by atoms with van der Waals surface area (Å²) in [6.07, 6.45) is 2.91. The topological polar surface area (TPSA) is 41.1 Å². The van der Waals surface area contributed by atoms with E-state index in [0.29, 0.717) is 24.8 Å². The second-order valence-electron chi connectivity index (χ2n) is 7.44. The van der Waals surface area contributed by atoms with Gasteiger partial charge in [0, 0.05) is 18.4 Å². The molecule has 1 heterocycles. The summed E-state index contributed by atoms with van der Waals surface area (Å²) < 4.78 is 13.0. The van der Waals surface area contributed by atoms with Crippen LogP contribution in [0.3, 0.4) is 0 Å². The number of benzene rings is 1. The third-order valence-corrected chi connectivity index (χ3v) is 5.05. The number of carbonyl (C=O) groups is 1. The van der Waals surface area contributed by atoms with Gasteiger partial charge < -0.3 is 10.6 Å². The number of hydrogen-bond acceptors (Lipinski definition) is 2. The molecule has 3 nitrogen and oxygen atoms in total. The highest BCUT2D eigenvalue weighted by atomic mass is 19.1. The summed E-state index contributed by atoms with van der Waals surface area (Å²) in [6, 6.07) is 6.52. The van der Waals surface area contributed by atoms with Crippen LogP contribution in [0.25, 0.3) is 0 Å². The fourth-order valence-corrected chi connectivity index (χ4v) is 3.27. The molecule has 1 fully saturated rings. The Morgan fingerprint density at radius 1 is 1.30 bits per heavy atom. The quantitative estimate of drug-likeness (QED) is 0.845.